The molecule has 0 aliphatic heterocycles. The van der Waals surface area contributed by atoms with Gasteiger partial charge >= 0.3 is 0 Å². The van der Waals surface area contributed by atoms with Crippen molar-refractivity contribution >= 4 is 29.0 Å². The van der Waals surface area contributed by atoms with E-state index in [2.05, 4.69) is 27.5 Å². The number of nitrogens with one attached hydrogen (secondary N) is 2. The average molecular weight is 291 g/mol. The SMILES string of the molecule is CCCNc1cnc(C(=O)Nc2cccc(Cl)c2)cn1. The molecule has 1 amide bonds. The van der Waals surface area contributed by atoms with Crippen molar-refractivity contribution in [1.82, 2.24) is 9.97 Å². The highest BCUT2D eigenvalue weighted by Gasteiger charge is 2.08. The highest BCUT2D eigenvalue weighted by atomic mass is 35.5. The first-order valence-corrected chi connectivity index (χ1v) is 6.69. The predicted octanol–water partition coefficient (Wildman–Crippen LogP) is 3.20. The second-order valence-corrected chi connectivity index (χ2v) is 4.61. The van der Waals surface area contributed by atoms with Crippen LogP contribution in [0.3, 0.4) is 0 Å². The molecule has 0 saturated carbocycles. The van der Waals surface area contributed by atoms with Crippen molar-refractivity contribution in [2.75, 3.05) is 17.2 Å². The van der Waals surface area contributed by atoms with Gasteiger partial charge in [0.1, 0.15) is 11.5 Å². The summed E-state index contributed by atoms with van der Waals surface area (Å²) >= 11 is 5.86. The van der Waals surface area contributed by atoms with E-state index in [4.69, 9.17) is 11.6 Å². The molecule has 104 valence electrons. The number of carbonyl (C=O) groups excluding carboxylic acids is 1. The second kappa shape index (κ2) is 6.86. The zero-order valence-corrected chi connectivity index (χ0v) is 11.8. The molecule has 0 aliphatic rings. The minimum atomic E-state index is -0.318. The second-order valence-electron chi connectivity index (χ2n) is 4.18. The van der Waals surface area contributed by atoms with Crippen LogP contribution in [0.25, 0.3) is 0 Å². The molecule has 0 aliphatic carbocycles. The van der Waals surface area contributed by atoms with Gasteiger partial charge in [-0.05, 0) is 24.6 Å². The molecule has 2 rings (SSSR count). The number of hydrogen-bond donors (Lipinski definition) is 2. The van der Waals surface area contributed by atoms with Crippen LogP contribution in [0.2, 0.25) is 5.02 Å². The lowest BCUT2D eigenvalue weighted by atomic mass is 10.3. The molecule has 0 bridgehead atoms. The van der Waals surface area contributed by atoms with Crippen LogP contribution < -0.4 is 10.6 Å². The van der Waals surface area contributed by atoms with Crippen molar-refractivity contribution in [2.45, 2.75) is 13.3 Å². The number of anilines is 2. The first-order chi connectivity index (χ1) is 9.69. The fourth-order valence-corrected chi connectivity index (χ4v) is 1.74. The third-order valence-corrected chi connectivity index (χ3v) is 2.76. The van der Waals surface area contributed by atoms with Crippen molar-refractivity contribution < 1.29 is 4.79 Å². The lowest BCUT2D eigenvalue weighted by molar-refractivity contribution is 0.102. The lowest BCUT2D eigenvalue weighted by Crippen LogP contribution is -2.14. The molecule has 5 nitrogen and oxygen atoms in total. The summed E-state index contributed by atoms with van der Waals surface area (Å²) in [5.41, 5.74) is 0.879. The van der Waals surface area contributed by atoms with Crippen LogP contribution in [0.4, 0.5) is 11.5 Å². The van der Waals surface area contributed by atoms with Gasteiger partial charge in [0.15, 0.2) is 0 Å². The Kier molecular flexibility index (Phi) is 4.90. The number of carbonyl (C=O) groups is 1. The lowest BCUT2D eigenvalue weighted by Gasteiger charge is -2.06. The topological polar surface area (TPSA) is 66.9 Å². The first kappa shape index (κ1) is 14.3. The van der Waals surface area contributed by atoms with E-state index in [9.17, 15) is 4.79 Å². The summed E-state index contributed by atoms with van der Waals surface area (Å²) in [4.78, 5) is 20.2. The fourth-order valence-electron chi connectivity index (χ4n) is 1.55. The van der Waals surface area contributed by atoms with E-state index in [1.807, 2.05) is 0 Å². The van der Waals surface area contributed by atoms with Crippen molar-refractivity contribution in [3.63, 3.8) is 0 Å². The van der Waals surface area contributed by atoms with Crippen LogP contribution in [-0.4, -0.2) is 22.4 Å². The highest BCUT2D eigenvalue weighted by Crippen LogP contribution is 2.15. The molecule has 0 radical (unpaired) electrons. The van der Waals surface area contributed by atoms with Gasteiger partial charge in [0.2, 0.25) is 0 Å². The molecule has 2 N–H and O–H groups in total. The van der Waals surface area contributed by atoms with E-state index in [0.717, 1.165) is 13.0 Å². The van der Waals surface area contributed by atoms with Gasteiger partial charge in [-0.3, -0.25) is 4.79 Å². The van der Waals surface area contributed by atoms with E-state index in [1.165, 1.54) is 6.20 Å². The van der Waals surface area contributed by atoms with Gasteiger partial charge in [0.25, 0.3) is 5.91 Å². The fraction of sp³-hybridized carbons (Fsp3) is 0.214. The molecule has 0 saturated heterocycles. The molecule has 6 heteroatoms. The zero-order valence-electron chi connectivity index (χ0n) is 11.1. The molecule has 0 spiro atoms. The third-order valence-electron chi connectivity index (χ3n) is 2.52. The molecule has 0 atom stereocenters. The Bertz CT molecular complexity index is 586. The van der Waals surface area contributed by atoms with E-state index < -0.39 is 0 Å². The molecule has 0 unspecified atom stereocenters. The van der Waals surface area contributed by atoms with E-state index in [0.29, 0.717) is 16.5 Å². The summed E-state index contributed by atoms with van der Waals surface area (Å²) in [6.45, 7) is 2.88. The van der Waals surface area contributed by atoms with Crippen LogP contribution in [-0.2, 0) is 0 Å². The smallest absolute Gasteiger partial charge is 0.275 e. The average Bonchev–Trinajstić information content (AvgIpc) is 2.45. The van der Waals surface area contributed by atoms with Gasteiger partial charge in [-0.1, -0.05) is 24.6 Å². The Balaban J connectivity index is 2.02. The largest absolute Gasteiger partial charge is 0.369 e. The van der Waals surface area contributed by atoms with E-state index in [1.54, 1.807) is 30.5 Å². The highest BCUT2D eigenvalue weighted by molar-refractivity contribution is 6.30. The number of amides is 1. The molecular formula is C14H15ClN4O. The van der Waals surface area contributed by atoms with Gasteiger partial charge < -0.3 is 10.6 Å². The summed E-state index contributed by atoms with van der Waals surface area (Å²) in [7, 11) is 0. The van der Waals surface area contributed by atoms with E-state index in [-0.39, 0.29) is 11.6 Å². The summed E-state index contributed by atoms with van der Waals surface area (Å²) in [6, 6.07) is 6.94. The quantitative estimate of drug-likeness (QED) is 0.887. The van der Waals surface area contributed by atoms with Gasteiger partial charge in [0.05, 0.1) is 12.4 Å². The Hall–Kier alpha value is -2.14. The molecule has 20 heavy (non-hydrogen) atoms. The number of nitrogens with zero attached hydrogens (tertiary/aromatic N) is 2. The molecule has 0 fully saturated rings. The van der Waals surface area contributed by atoms with E-state index >= 15 is 0 Å². The van der Waals surface area contributed by atoms with Crippen LogP contribution in [0, 0.1) is 0 Å². The number of rotatable bonds is 5. The van der Waals surface area contributed by atoms with Gasteiger partial charge in [-0.25, -0.2) is 9.97 Å². The third kappa shape index (κ3) is 3.93. The predicted molar refractivity (Wildman–Crippen MR) is 80.2 cm³/mol. The van der Waals surface area contributed by atoms with Gasteiger partial charge in [-0.2, -0.15) is 0 Å². The molecule has 1 aromatic carbocycles. The van der Waals surface area contributed by atoms with Crippen molar-refractivity contribution in [1.29, 1.82) is 0 Å². The number of halogens is 1. The molecule has 2 aromatic rings. The van der Waals surface area contributed by atoms with Crippen molar-refractivity contribution in [3.05, 3.63) is 47.4 Å². The minimum absolute atomic E-state index is 0.257. The summed E-state index contributed by atoms with van der Waals surface area (Å²) in [5, 5.41) is 6.37. The Labute approximate surface area is 122 Å². The monoisotopic (exact) mass is 290 g/mol. The minimum Gasteiger partial charge on any atom is -0.369 e. The van der Waals surface area contributed by atoms with Gasteiger partial charge in [-0.15, -0.1) is 0 Å². The van der Waals surface area contributed by atoms with Crippen LogP contribution >= 0.6 is 11.6 Å². The van der Waals surface area contributed by atoms with Crippen molar-refractivity contribution in [3.8, 4) is 0 Å². The maximum absolute atomic E-state index is 12.0. The summed E-state index contributed by atoms with van der Waals surface area (Å²) < 4.78 is 0. The summed E-state index contributed by atoms with van der Waals surface area (Å²) in [5.74, 6) is 0.341. The van der Waals surface area contributed by atoms with Crippen LogP contribution in [0.5, 0.6) is 0 Å². The molecular weight excluding hydrogens is 276 g/mol. The van der Waals surface area contributed by atoms with Crippen molar-refractivity contribution in [2.24, 2.45) is 0 Å². The number of aromatic nitrogens is 2. The Morgan fingerprint density at radius 2 is 2.15 bits per heavy atom. The van der Waals surface area contributed by atoms with Crippen LogP contribution in [0.1, 0.15) is 23.8 Å². The molecule has 1 aromatic heterocycles. The number of hydrogen-bond acceptors (Lipinski definition) is 4. The maximum atomic E-state index is 12.0. The Morgan fingerprint density at radius 1 is 1.30 bits per heavy atom. The number of benzene rings is 1. The first-order valence-electron chi connectivity index (χ1n) is 6.32. The molecule has 1 heterocycles. The van der Waals surface area contributed by atoms with Gasteiger partial charge in [0, 0.05) is 17.3 Å². The zero-order chi connectivity index (χ0) is 14.4. The van der Waals surface area contributed by atoms with Crippen LogP contribution in [0.15, 0.2) is 36.7 Å². The normalized spacial score (nSPS) is 10.1. The Morgan fingerprint density at radius 3 is 2.80 bits per heavy atom. The summed E-state index contributed by atoms with van der Waals surface area (Å²) in [6.07, 6.45) is 3.99. The standard InChI is InChI=1S/C14H15ClN4O/c1-2-6-16-13-9-17-12(8-18-13)14(20)19-11-5-3-4-10(15)7-11/h3-5,7-9H,2,6H2,1H3,(H,16,18)(H,19,20). The maximum Gasteiger partial charge on any atom is 0.275 e.